The fraction of sp³-hybridized carbons (Fsp3) is 0.333. The molecule has 0 spiro atoms. The van der Waals surface area contributed by atoms with Crippen LogP contribution in [0, 0.1) is 13.8 Å². The molecule has 2 aromatic rings. The van der Waals surface area contributed by atoms with E-state index in [0.29, 0.717) is 5.69 Å². The van der Waals surface area contributed by atoms with Crippen molar-refractivity contribution in [1.82, 2.24) is 4.72 Å². The predicted octanol–water partition coefficient (Wildman–Crippen LogP) is 2.71. The molecular weight excluding hydrogens is 392 g/mol. The quantitative estimate of drug-likeness (QED) is 0.642. The summed E-state index contributed by atoms with van der Waals surface area (Å²) in [5, 5.41) is 2.65. The summed E-state index contributed by atoms with van der Waals surface area (Å²) >= 11 is 0. The number of esters is 1. The molecule has 0 aromatic heterocycles. The summed E-state index contributed by atoms with van der Waals surface area (Å²) in [6.07, 6.45) is -0.181. The number of sulfonamides is 1. The van der Waals surface area contributed by atoms with Gasteiger partial charge in [-0.15, -0.1) is 0 Å². The molecular formula is C21H26N2O5S. The van der Waals surface area contributed by atoms with Gasteiger partial charge in [0.1, 0.15) is 6.54 Å². The normalized spacial score (nSPS) is 12.3. The molecule has 29 heavy (non-hydrogen) atoms. The first-order valence-corrected chi connectivity index (χ1v) is 10.8. The average molecular weight is 419 g/mol. The van der Waals surface area contributed by atoms with Gasteiger partial charge in [0.15, 0.2) is 6.10 Å². The molecule has 0 saturated carbocycles. The van der Waals surface area contributed by atoms with E-state index in [1.54, 1.807) is 25.1 Å². The maximum absolute atomic E-state index is 12.3. The summed E-state index contributed by atoms with van der Waals surface area (Å²) in [5.41, 5.74) is 3.52. The highest BCUT2D eigenvalue weighted by atomic mass is 32.2. The highest BCUT2D eigenvalue weighted by Crippen LogP contribution is 2.14. The molecule has 0 bridgehead atoms. The molecule has 0 fully saturated rings. The van der Waals surface area contributed by atoms with Crippen molar-refractivity contribution in [3.63, 3.8) is 0 Å². The molecule has 0 radical (unpaired) electrons. The van der Waals surface area contributed by atoms with E-state index in [4.69, 9.17) is 4.74 Å². The van der Waals surface area contributed by atoms with E-state index in [1.807, 2.05) is 26.0 Å². The fourth-order valence-corrected chi connectivity index (χ4v) is 3.53. The molecule has 0 heterocycles. The van der Waals surface area contributed by atoms with Crippen molar-refractivity contribution in [2.45, 2.75) is 45.1 Å². The zero-order valence-electron chi connectivity index (χ0n) is 17.0. The Balaban J connectivity index is 1.88. The van der Waals surface area contributed by atoms with Gasteiger partial charge in [-0.05, 0) is 68.1 Å². The number of hydrogen-bond acceptors (Lipinski definition) is 5. The monoisotopic (exact) mass is 418 g/mol. The second-order valence-electron chi connectivity index (χ2n) is 6.74. The molecule has 1 atom stereocenters. The second-order valence-corrected chi connectivity index (χ2v) is 8.51. The molecule has 0 unspecified atom stereocenters. The van der Waals surface area contributed by atoms with Crippen LogP contribution in [0.2, 0.25) is 0 Å². The van der Waals surface area contributed by atoms with Gasteiger partial charge in [0, 0.05) is 5.69 Å². The van der Waals surface area contributed by atoms with E-state index >= 15 is 0 Å². The molecule has 0 saturated heterocycles. The number of rotatable bonds is 8. The van der Waals surface area contributed by atoms with Crippen LogP contribution < -0.4 is 10.0 Å². The lowest BCUT2D eigenvalue weighted by Gasteiger charge is -2.14. The minimum absolute atomic E-state index is 0.0646. The number of carbonyl (C=O) groups excluding carboxylic acids is 2. The summed E-state index contributed by atoms with van der Waals surface area (Å²) in [7, 11) is -3.86. The summed E-state index contributed by atoms with van der Waals surface area (Å²) in [6, 6.07) is 12.0. The Labute approximate surface area is 171 Å². The van der Waals surface area contributed by atoms with Gasteiger partial charge < -0.3 is 10.1 Å². The van der Waals surface area contributed by atoms with Crippen LogP contribution in [0.4, 0.5) is 5.69 Å². The second kappa shape index (κ2) is 9.67. The Morgan fingerprint density at radius 3 is 2.28 bits per heavy atom. The molecule has 0 aliphatic carbocycles. The zero-order chi connectivity index (χ0) is 21.6. The van der Waals surface area contributed by atoms with Crippen LogP contribution in [0.1, 0.15) is 30.5 Å². The third-order valence-electron chi connectivity index (χ3n) is 4.50. The standard InChI is InChI=1S/C21H26N2O5S/c1-5-17-7-9-18(10-8-17)23-21(25)16(4)28-20(24)13-22-29(26,27)19-11-6-14(2)15(3)12-19/h6-12,16,22H,5,13H2,1-4H3,(H,23,25)/t16-/m0/s1. The topological polar surface area (TPSA) is 102 Å². The molecule has 2 aromatic carbocycles. The number of carbonyl (C=O) groups is 2. The van der Waals surface area contributed by atoms with E-state index in [2.05, 4.69) is 10.0 Å². The number of aryl methyl sites for hydroxylation is 3. The smallest absolute Gasteiger partial charge is 0.321 e. The SMILES string of the molecule is CCc1ccc(NC(=O)[C@H](C)OC(=O)CNS(=O)(=O)c2ccc(C)c(C)c2)cc1. The van der Waals surface area contributed by atoms with Gasteiger partial charge >= 0.3 is 5.97 Å². The lowest BCUT2D eigenvalue weighted by atomic mass is 10.1. The summed E-state index contributed by atoms with van der Waals surface area (Å²) < 4.78 is 31.8. The van der Waals surface area contributed by atoms with Crippen LogP contribution in [0.25, 0.3) is 0 Å². The summed E-state index contributed by atoms with van der Waals surface area (Å²) in [4.78, 5) is 24.2. The largest absolute Gasteiger partial charge is 0.452 e. The lowest BCUT2D eigenvalue weighted by Crippen LogP contribution is -2.35. The van der Waals surface area contributed by atoms with Crippen molar-refractivity contribution in [1.29, 1.82) is 0 Å². The molecule has 2 rings (SSSR count). The molecule has 1 amide bonds. The van der Waals surface area contributed by atoms with Gasteiger partial charge in [-0.3, -0.25) is 9.59 Å². The number of ether oxygens (including phenoxy) is 1. The highest BCUT2D eigenvalue weighted by molar-refractivity contribution is 7.89. The van der Waals surface area contributed by atoms with E-state index in [0.717, 1.165) is 23.1 Å². The maximum Gasteiger partial charge on any atom is 0.321 e. The Kier molecular flexibility index (Phi) is 7.53. The van der Waals surface area contributed by atoms with E-state index < -0.39 is 34.5 Å². The molecule has 7 nitrogen and oxygen atoms in total. The van der Waals surface area contributed by atoms with Crippen LogP contribution in [0.5, 0.6) is 0 Å². The Bertz CT molecular complexity index is 985. The van der Waals surface area contributed by atoms with E-state index in [-0.39, 0.29) is 4.90 Å². The number of anilines is 1. The minimum Gasteiger partial charge on any atom is -0.452 e. The van der Waals surface area contributed by atoms with E-state index in [1.165, 1.54) is 19.1 Å². The van der Waals surface area contributed by atoms with E-state index in [9.17, 15) is 18.0 Å². The first kappa shape index (κ1) is 22.6. The van der Waals surface area contributed by atoms with Crippen molar-refractivity contribution in [3.05, 3.63) is 59.2 Å². The molecule has 2 N–H and O–H groups in total. The van der Waals surface area contributed by atoms with Gasteiger partial charge in [0.05, 0.1) is 4.90 Å². The van der Waals surface area contributed by atoms with Gasteiger partial charge in [-0.2, -0.15) is 4.72 Å². The maximum atomic E-state index is 12.3. The summed E-state index contributed by atoms with van der Waals surface area (Å²) in [6.45, 7) is 6.56. The van der Waals surface area contributed by atoms with Crippen molar-refractivity contribution in [3.8, 4) is 0 Å². The Morgan fingerprint density at radius 2 is 1.69 bits per heavy atom. The fourth-order valence-electron chi connectivity index (χ4n) is 2.48. The van der Waals surface area contributed by atoms with Crippen LogP contribution in [-0.4, -0.2) is 32.9 Å². The summed E-state index contributed by atoms with van der Waals surface area (Å²) in [5.74, 6) is -1.35. The van der Waals surface area contributed by atoms with Crippen molar-refractivity contribution in [2.75, 3.05) is 11.9 Å². The van der Waals surface area contributed by atoms with Gasteiger partial charge in [-0.1, -0.05) is 25.1 Å². The van der Waals surface area contributed by atoms with Crippen molar-refractivity contribution < 1.29 is 22.7 Å². The van der Waals surface area contributed by atoms with Gasteiger partial charge in [0.25, 0.3) is 5.91 Å². The third kappa shape index (κ3) is 6.40. The number of amides is 1. The first-order valence-electron chi connectivity index (χ1n) is 9.28. The Morgan fingerprint density at radius 1 is 1.03 bits per heavy atom. The van der Waals surface area contributed by atoms with Crippen LogP contribution in [0.15, 0.2) is 47.4 Å². The molecule has 0 aliphatic rings. The lowest BCUT2D eigenvalue weighted by molar-refractivity contribution is -0.151. The number of hydrogen-bond donors (Lipinski definition) is 2. The number of nitrogens with one attached hydrogen (secondary N) is 2. The van der Waals surface area contributed by atoms with Gasteiger partial charge in [0.2, 0.25) is 10.0 Å². The first-order chi connectivity index (χ1) is 13.6. The predicted molar refractivity (Wildman–Crippen MR) is 111 cm³/mol. The van der Waals surface area contributed by atoms with Crippen molar-refractivity contribution in [2.24, 2.45) is 0 Å². The molecule has 0 aliphatic heterocycles. The Hall–Kier alpha value is -2.71. The van der Waals surface area contributed by atoms with Crippen LogP contribution in [0.3, 0.4) is 0 Å². The minimum atomic E-state index is -3.86. The average Bonchev–Trinajstić information content (AvgIpc) is 2.69. The van der Waals surface area contributed by atoms with Crippen LogP contribution >= 0.6 is 0 Å². The van der Waals surface area contributed by atoms with Crippen LogP contribution in [-0.2, 0) is 30.8 Å². The highest BCUT2D eigenvalue weighted by Gasteiger charge is 2.21. The zero-order valence-corrected chi connectivity index (χ0v) is 17.8. The third-order valence-corrected chi connectivity index (χ3v) is 5.90. The molecule has 156 valence electrons. The molecule has 8 heteroatoms. The van der Waals surface area contributed by atoms with Crippen molar-refractivity contribution >= 4 is 27.6 Å². The van der Waals surface area contributed by atoms with Gasteiger partial charge in [-0.25, -0.2) is 8.42 Å². The number of benzene rings is 2.